The van der Waals surface area contributed by atoms with Crippen LogP contribution in [0.1, 0.15) is 5.56 Å². The van der Waals surface area contributed by atoms with Crippen LogP contribution in [0, 0.1) is 6.92 Å². The molecule has 110 valence electrons. The molecule has 0 bridgehead atoms. The van der Waals surface area contributed by atoms with Crippen LogP contribution in [0.3, 0.4) is 0 Å². The fourth-order valence-electron chi connectivity index (χ4n) is 1.90. The van der Waals surface area contributed by atoms with E-state index in [0.29, 0.717) is 10.7 Å². The van der Waals surface area contributed by atoms with Crippen LogP contribution in [0.5, 0.6) is 0 Å². The first kappa shape index (κ1) is 15.6. The summed E-state index contributed by atoms with van der Waals surface area (Å²) in [4.78, 5) is 0.203. The predicted molar refractivity (Wildman–Crippen MR) is 87.4 cm³/mol. The average molecular weight is 322 g/mol. The molecule has 0 spiro atoms. The van der Waals surface area contributed by atoms with Gasteiger partial charge in [0.15, 0.2) is 0 Å². The molecular weight excluding hydrogens is 306 g/mol. The lowest BCUT2D eigenvalue weighted by Gasteiger charge is -2.23. The number of nitrogens with zero attached hydrogens (tertiary/aromatic N) is 1. The fraction of sp³-hybridized carbons (Fsp3) is 0.125. The minimum absolute atomic E-state index is 0.202. The Hall–Kier alpha value is -1.78. The van der Waals surface area contributed by atoms with Gasteiger partial charge >= 0.3 is 0 Å². The van der Waals surface area contributed by atoms with Crippen LogP contribution in [0.15, 0.2) is 66.1 Å². The molecule has 0 aliphatic heterocycles. The Kier molecular flexibility index (Phi) is 4.70. The van der Waals surface area contributed by atoms with E-state index < -0.39 is 10.0 Å². The SMILES string of the molecule is C=CCN(c1ccc(C)cc1)S(=O)(=O)c1ccc(Cl)cc1. The number of benzene rings is 2. The monoisotopic (exact) mass is 321 g/mol. The minimum atomic E-state index is -3.64. The standard InChI is InChI=1S/C16H16ClNO2S/c1-3-12-18(15-8-4-13(2)5-9-15)21(19,20)16-10-6-14(17)7-11-16/h3-11H,1,12H2,2H3. The molecule has 0 atom stereocenters. The molecule has 21 heavy (non-hydrogen) atoms. The van der Waals surface area contributed by atoms with E-state index in [1.54, 1.807) is 30.3 Å². The molecule has 0 amide bonds. The molecule has 0 aliphatic carbocycles. The summed E-state index contributed by atoms with van der Waals surface area (Å²) in [6.07, 6.45) is 1.56. The van der Waals surface area contributed by atoms with Gasteiger partial charge in [0.25, 0.3) is 10.0 Å². The Morgan fingerprint density at radius 2 is 1.67 bits per heavy atom. The maximum atomic E-state index is 12.8. The maximum Gasteiger partial charge on any atom is 0.264 e. The zero-order chi connectivity index (χ0) is 15.5. The Bertz CT molecular complexity index is 722. The molecule has 0 N–H and O–H groups in total. The van der Waals surface area contributed by atoms with E-state index in [2.05, 4.69) is 6.58 Å². The van der Waals surface area contributed by atoms with Gasteiger partial charge in [-0.1, -0.05) is 35.4 Å². The largest absolute Gasteiger partial charge is 0.264 e. The van der Waals surface area contributed by atoms with Gasteiger partial charge in [0, 0.05) is 5.02 Å². The molecule has 0 saturated heterocycles. The van der Waals surface area contributed by atoms with E-state index in [1.807, 2.05) is 19.1 Å². The van der Waals surface area contributed by atoms with E-state index in [0.717, 1.165) is 5.56 Å². The normalized spacial score (nSPS) is 11.1. The third-order valence-electron chi connectivity index (χ3n) is 3.02. The van der Waals surface area contributed by atoms with Crippen molar-refractivity contribution < 1.29 is 8.42 Å². The highest BCUT2D eigenvalue weighted by molar-refractivity contribution is 7.92. The molecule has 0 fully saturated rings. The van der Waals surface area contributed by atoms with Crippen LogP contribution in [0.4, 0.5) is 5.69 Å². The number of hydrogen-bond acceptors (Lipinski definition) is 2. The van der Waals surface area contributed by atoms with Crippen molar-refractivity contribution in [3.63, 3.8) is 0 Å². The van der Waals surface area contributed by atoms with Gasteiger partial charge in [0.2, 0.25) is 0 Å². The molecule has 0 radical (unpaired) electrons. The minimum Gasteiger partial charge on any atom is -0.263 e. The molecule has 0 aliphatic rings. The molecule has 0 saturated carbocycles. The van der Waals surface area contributed by atoms with E-state index in [-0.39, 0.29) is 11.4 Å². The second-order valence-electron chi connectivity index (χ2n) is 4.61. The van der Waals surface area contributed by atoms with Crippen LogP contribution in [0.25, 0.3) is 0 Å². The molecule has 2 aromatic rings. The quantitative estimate of drug-likeness (QED) is 0.780. The van der Waals surface area contributed by atoms with Gasteiger partial charge in [0.05, 0.1) is 17.1 Å². The van der Waals surface area contributed by atoms with Crippen molar-refractivity contribution >= 4 is 27.3 Å². The zero-order valence-electron chi connectivity index (χ0n) is 11.7. The van der Waals surface area contributed by atoms with Crippen molar-refractivity contribution in [1.29, 1.82) is 0 Å². The molecule has 0 aromatic heterocycles. The number of rotatable bonds is 5. The Balaban J connectivity index is 2.47. The van der Waals surface area contributed by atoms with Crippen molar-refractivity contribution in [3.8, 4) is 0 Å². The summed E-state index contributed by atoms with van der Waals surface area (Å²) in [6, 6.07) is 13.5. The smallest absolute Gasteiger partial charge is 0.263 e. The van der Waals surface area contributed by atoms with Gasteiger partial charge in [0.1, 0.15) is 0 Å². The van der Waals surface area contributed by atoms with Gasteiger partial charge in [-0.2, -0.15) is 0 Å². The molecule has 0 heterocycles. The van der Waals surface area contributed by atoms with Crippen LogP contribution in [0.2, 0.25) is 5.02 Å². The summed E-state index contributed by atoms with van der Waals surface area (Å²) >= 11 is 5.81. The maximum absolute atomic E-state index is 12.8. The fourth-order valence-corrected chi connectivity index (χ4v) is 3.47. The second kappa shape index (κ2) is 6.33. The highest BCUT2D eigenvalue weighted by atomic mass is 35.5. The lowest BCUT2D eigenvalue weighted by atomic mass is 10.2. The van der Waals surface area contributed by atoms with Crippen molar-refractivity contribution in [1.82, 2.24) is 0 Å². The zero-order valence-corrected chi connectivity index (χ0v) is 13.2. The highest BCUT2D eigenvalue weighted by Gasteiger charge is 2.23. The molecule has 0 unspecified atom stereocenters. The number of aryl methyl sites for hydroxylation is 1. The molecule has 3 nitrogen and oxygen atoms in total. The third-order valence-corrected chi connectivity index (χ3v) is 5.08. The molecule has 5 heteroatoms. The van der Waals surface area contributed by atoms with E-state index in [1.165, 1.54) is 16.4 Å². The number of sulfonamides is 1. The van der Waals surface area contributed by atoms with Crippen molar-refractivity contribution in [3.05, 3.63) is 71.8 Å². The van der Waals surface area contributed by atoms with Crippen LogP contribution in [-0.2, 0) is 10.0 Å². The average Bonchev–Trinajstić information content (AvgIpc) is 2.46. The summed E-state index contributed by atoms with van der Waals surface area (Å²) in [5.41, 5.74) is 1.68. The predicted octanol–water partition coefficient (Wildman–Crippen LogP) is 4.03. The lowest BCUT2D eigenvalue weighted by Crippen LogP contribution is -2.31. The molecule has 2 rings (SSSR count). The van der Waals surface area contributed by atoms with Gasteiger partial charge < -0.3 is 0 Å². The highest BCUT2D eigenvalue weighted by Crippen LogP contribution is 2.24. The summed E-state index contributed by atoms with van der Waals surface area (Å²) in [5, 5.41) is 0.500. The van der Waals surface area contributed by atoms with E-state index >= 15 is 0 Å². The first-order valence-corrected chi connectivity index (χ1v) is 8.23. The summed E-state index contributed by atoms with van der Waals surface area (Å²) in [6.45, 7) is 5.79. The third kappa shape index (κ3) is 3.46. The molecular formula is C16H16ClNO2S. The van der Waals surface area contributed by atoms with Crippen LogP contribution in [-0.4, -0.2) is 15.0 Å². The van der Waals surface area contributed by atoms with Gasteiger partial charge in [-0.05, 0) is 43.3 Å². The van der Waals surface area contributed by atoms with Crippen molar-refractivity contribution in [2.45, 2.75) is 11.8 Å². The summed E-state index contributed by atoms with van der Waals surface area (Å²) in [7, 11) is -3.64. The number of halogens is 1. The van der Waals surface area contributed by atoms with Crippen LogP contribution < -0.4 is 4.31 Å². The van der Waals surface area contributed by atoms with E-state index in [9.17, 15) is 8.42 Å². The lowest BCUT2D eigenvalue weighted by molar-refractivity contribution is 0.593. The van der Waals surface area contributed by atoms with Gasteiger partial charge in [-0.3, -0.25) is 4.31 Å². The first-order valence-electron chi connectivity index (χ1n) is 6.41. The van der Waals surface area contributed by atoms with Crippen molar-refractivity contribution in [2.75, 3.05) is 10.8 Å². The van der Waals surface area contributed by atoms with Crippen LogP contribution >= 0.6 is 11.6 Å². The van der Waals surface area contributed by atoms with Gasteiger partial charge in [-0.25, -0.2) is 8.42 Å². The topological polar surface area (TPSA) is 37.4 Å². The summed E-state index contributed by atoms with van der Waals surface area (Å²) < 4.78 is 26.8. The second-order valence-corrected chi connectivity index (χ2v) is 6.91. The Morgan fingerprint density at radius 3 is 2.19 bits per heavy atom. The summed E-state index contributed by atoms with van der Waals surface area (Å²) in [5.74, 6) is 0. The number of hydrogen-bond donors (Lipinski definition) is 0. The first-order chi connectivity index (χ1) is 9.95. The molecule has 2 aromatic carbocycles. The van der Waals surface area contributed by atoms with Gasteiger partial charge in [-0.15, -0.1) is 6.58 Å². The number of anilines is 1. The Morgan fingerprint density at radius 1 is 1.10 bits per heavy atom. The Labute approximate surface area is 130 Å². The van der Waals surface area contributed by atoms with Crippen molar-refractivity contribution in [2.24, 2.45) is 0 Å². The van der Waals surface area contributed by atoms with E-state index in [4.69, 9.17) is 11.6 Å².